The predicted octanol–water partition coefficient (Wildman–Crippen LogP) is 3.33. The van der Waals surface area contributed by atoms with Crippen molar-refractivity contribution in [1.29, 1.82) is 0 Å². The first-order chi connectivity index (χ1) is 11.6. The van der Waals surface area contributed by atoms with Crippen molar-refractivity contribution >= 4 is 6.03 Å². The van der Waals surface area contributed by atoms with Gasteiger partial charge in [0.25, 0.3) is 0 Å². The van der Waals surface area contributed by atoms with Crippen LogP contribution in [-0.4, -0.2) is 24.7 Å². The number of carbonyl (C=O) groups is 1. The van der Waals surface area contributed by atoms with Crippen molar-refractivity contribution < 1.29 is 9.53 Å². The molecule has 2 aromatic rings. The first-order valence-corrected chi connectivity index (χ1v) is 8.17. The van der Waals surface area contributed by atoms with Gasteiger partial charge in [0.1, 0.15) is 5.75 Å². The van der Waals surface area contributed by atoms with Crippen LogP contribution in [0.5, 0.6) is 5.75 Å². The molecule has 5 nitrogen and oxygen atoms in total. The van der Waals surface area contributed by atoms with Gasteiger partial charge >= 0.3 is 6.03 Å². The Morgan fingerprint density at radius 2 is 1.96 bits per heavy atom. The van der Waals surface area contributed by atoms with Crippen LogP contribution in [0, 0.1) is 5.92 Å². The summed E-state index contributed by atoms with van der Waals surface area (Å²) >= 11 is 0. The molecule has 0 fully saturated rings. The van der Waals surface area contributed by atoms with Crippen LogP contribution in [0.25, 0.3) is 0 Å². The van der Waals surface area contributed by atoms with Crippen LogP contribution in [-0.2, 0) is 6.42 Å². The molecule has 1 heterocycles. The zero-order valence-corrected chi connectivity index (χ0v) is 14.5. The van der Waals surface area contributed by atoms with E-state index in [2.05, 4.69) is 29.5 Å². The molecule has 128 valence electrons. The Bertz CT molecular complexity index is 627. The average Bonchev–Trinajstić information content (AvgIpc) is 2.60. The second-order valence-electron chi connectivity index (χ2n) is 6.01. The summed E-state index contributed by atoms with van der Waals surface area (Å²) in [6, 6.07) is 11.5. The first-order valence-electron chi connectivity index (χ1n) is 8.17. The molecule has 0 bridgehead atoms. The summed E-state index contributed by atoms with van der Waals surface area (Å²) in [5, 5.41) is 5.96. The molecule has 1 unspecified atom stereocenters. The lowest BCUT2D eigenvalue weighted by Crippen LogP contribution is -2.40. The first kappa shape index (κ1) is 17.8. The highest BCUT2D eigenvalue weighted by Gasteiger charge is 2.18. The summed E-state index contributed by atoms with van der Waals surface area (Å²) in [6.07, 6.45) is 4.32. The van der Waals surface area contributed by atoms with Crippen LogP contribution in [0.4, 0.5) is 4.79 Å². The van der Waals surface area contributed by atoms with Crippen molar-refractivity contribution in [2.75, 3.05) is 13.7 Å². The van der Waals surface area contributed by atoms with Crippen molar-refractivity contribution in [3.05, 3.63) is 59.9 Å². The van der Waals surface area contributed by atoms with E-state index in [1.54, 1.807) is 13.3 Å². The summed E-state index contributed by atoms with van der Waals surface area (Å²) in [5.41, 5.74) is 2.17. The highest BCUT2D eigenvalue weighted by atomic mass is 16.5. The molecule has 2 N–H and O–H groups in total. The molecular weight excluding hydrogens is 302 g/mol. The van der Waals surface area contributed by atoms with E-state index in [1.807, 2.05) is 42.6 Å². The Kier molecular flexibility index (Phi) is 6.61. The number of nitrogens with one attached hydrogen (secondary N) is 2. The Labute approximate surface area is 143 Å². The van der Waals surface area contributed by atoms with Crippen LogP contribution in [0.3, 0.4) is 0 Å². The fourth-order valence-corrected chi connectivity index (χ4v) is 2.50. The maximum atomic E-state index is 12.2. The van der Waals surface area contributed by atoms with Crippen molar-refractivity contribution in [2.24, 2.45) is 5.92 Å². The number of carbonyl (C=O) groups excluding carboxylic acids is 1. The summed E-state index contributed by atoms with van der Waals surface area (Å²) in [6.45, 7) is 4.75. The fraction of sp³-hybridized carbons (Fsp3) is 0.368. The number of rotatable bonds is 7. The van der Waals surface area contributed by atoms with Crippen molar-refractivity contribution in [1.82, 2.24) is 15.6 Å². The van der Waals surface area contributed by atoms with E-state index in [4.69, 9.17) is 4.74 Å². The van der Waals surface area contributed by atoms with Gasteiger partial charge in [-0.25, -0.2) is 4.79 Å². The Morgan fingerprint density at radius 1 is 1.21 bits per heavy atom. The van der Waals surface area contributed by atoms with Gasteiger partial charge in [0, 0.05) is 18.9 Å². The molecule has 0 saturated heterocycles. The van der Waals surface area contributed by atoms with Crippen molar-refractivity contribution in [2.45, 2.75) is 26.3 Å². The van der Waals surface area contributed by atoms with E-state index < -0.39 is 0 Å². The maximum absolute atomic E-state index is 12.2. The topological polar surface area (TPSA) is 63.2 Å². The number of hydrogen-bond acceptors (Lipinski definition) is 3. The zero-order valence-electron chi connectivity index (χ0n) is 14.5. The number of hydrogen-bond donors (Lipinski definition) is 2. The van der Waals surface area contributed by atoms with E-state index in [-0.39, 0.29) is 18.0 Å². The fourth-order valence-electron chi connectivity index (χ4n) is 2.50. The molecule has 1 aromatic heterocycles. The van der Waals surface area contributed by atoms with Gasteiger partial charge < -0.3 is 15.4 Å². The maximum Gasteiger partial charge on any atom is 0.315 e. The SMILES string of the molecule is COc1ccc(C(NC(=O)NCCc2cccnc2)C(C)C)cc1. The second-order valence-corrected chi connectivity index (χ2v) is 6.01. The van der Waals surface area contributed by atoms with Gasteiger partial charge in [-0.05, 0) is 41.7 Å². The van der Waals surface area contributed by atoms with Crippen LogP contribution in [0.2, 0.25) is 0 Å². The van der Waals surface area contributed by atoms with E-state index in [1.165, 1.54) is 0 Å². The molecule has 0 spiro atoms. The lowest BCUT2D eigenvalue weighted by molar-refractivity contribution is 0.233. The molecule has 0 aliphatic heterocycles. The van der Waals surface area contributed by atoms with Crippen LogP contribution >= 0.6 is 0 Å². The lowest BCUT2D eigenvalue weighted by atomic mass is 9.96. The predicted molar refractivity (Wildman–Crippen MR) is 95.0 cm³/mol. The number of ether oxygens (including phenoxy) is 1. The molecule has 0 aliphatic rings. The van der Waals surface area contributed by atoms with Gasteiger partial charge in [-0.3, -0.25) is 4.98 Å². The number of pyridine rings is 1. The summed E-state index contributed by atoms with van der Waals surface area (Å²) in [4.78, 5) is 16.3. The lowest BCUT2D eigenvalue weighted by Gasteiger charge is -2.23. The van der Waals surface area contributed by atoms with Gasteiger partial charge in [0.05, 0.1) is 13.2 Å². The average molecular weight is 327 g/mol. The summed E-state index contributed by atoms with van der Waals surface area (Å²) in [5.74, 6) is 1.09. The number of methoxy groups -OCH3 is 1. The quantitative estimate of drug-likeness (QED) is 0.820. The number of aromatic nitrogens is 1. The molecule has 5 heteroatoms. The van der Waals surface area contributed by atoms with E-state index in [0.29, 0.717) is 6.54 Å². The molecule has 0 aliphatic carbocycles. The molecule has 0 saturated carbocycles. The number of amides is 2. The highest BCUT2D eigenvalue weighted by molar-refractivity contribution is 5.74. The zero-order chi connectivity index (χ0) is 17.4. The second kappa shape index (κ2) is 8.91. The van der Waals surface area contributed by atoms with Crippen LogP contribution < -0.4 is 15.4 Å². The standard InChI is InChI=1S/C19H25N3O2/c1-14(2)18(16-6-8-17(24-3)9-7-16)22-19(23)21-12-10-15-5-4-11-20-13-15/h4-9,11,13-14,18H,10,12H2,1-3H3,(H2,21,22,23). The largest absolute Gasteiger partial charge is 0.497 e. The minimum Gasteiger partial charge on any atom is -0.497 e. The van der Waals surface area contributed by atoms with Crippen LogP contribution in [0.1, 0.15) is 31.0 Å². The van der Waals surface area contributed by atoms with Gasteiger partial charge in [0.15, 0.2) is 0 Å². The normalized spacial score (nSPS) is 11.8. The van der Waals surface area contributed by atoms with Gasteiger partial charge in [-0.15, -0.1) is 0 Å². The van der Waals surface area contributed by atoms with E-state index in [9.17, 15) is 4.79 Å². The molecule has 0 radical (unpaired) electrons. The minimum absolute atomic E-state index is 0.0469. The third kappa shape index (κ3) is 5.26. The molecule has 1 atom stereocenters. The monoisotopic (exact) mass is 327 g/mol. The smallest absolute Gasteiger partial charge is 0.315 e. The Morgan fingerprint density at radius 3 is 2.54 bits per heavy atom. The molecule has 24 heavy (non-hydrogen) atoms. The molecule has 2 rings (SSSR count). The van der Waals surface area contributed by atoms with E-state index >= 15 is 0 Å². The Balaban J connectivity index is 1.88. The molecule has 1 aromatic carbocycles. The third-order valence-electron chi connectivity index (χ3n) is 3.85. The molecule has 2 amide bonds. The third-order valence-corrected chi connectivity index (χ3v) is 3.85. The number of nitrogens with zero attached hydrogens (tertiary/aromatic N) is 1. The molecular formula is C19H25N3O2. The van der Waals surface area contributed by atoms with Crippen molar-refractivity contribution in [3.8, 4) is 5.75 Å². The van der Waals surface area contributed by atoms with Gasteiger partial charge in [0.2, 0.25) is 0 Å². The highest BCUT2D eigenvalue weighted by Crippen LogP contribution is 2.23. The summed E-state index contributed by atoms with van der Waals surface area (Å²) in [7, 11) is 1.64. The van der Waals surface area contributed by atoms with Gasteiger partial charge in [-0.1, -0.05) is 32.0 Å². The van der Waals surface area contributed by atoms with Gasteiger partial charge in [-0.2, -0.15) is 0 Å². The minimum atomic E-state index is -0.159. The number of benzene rings is 1. The van der Waals surface area contributed by atoms with Crippen LogP contribution in [0.15, 0.2) is 48.8 Å². The number of urea groups is 1. The van der Waals surface area contributed by atoms with Crippen molar-refractivity contribution in [3.63, 3.8) is 0 Å². The Hall–Kier alpha value is -2.56. The summed E-state index contributed by atoms with van der Waals surface area (Å²) < 4.78 is 5.18. The van der Waals surface area contributed by atoms with E-state index in [0.717, 1.165) is 23.3 Å².